The molecule has 1 aliphatic heterocycles. The Morgan fingerprint density at radius 2 is 1.79 bits per heavy atom. The van der Waals surface area contributed by atoms with E-state index in [1.54, 1.807) is 0 Å². The topological polar surface area (TPSA) is 26.7 Å². The molecule has 0 aromatic heterocycles. The normalized spacial score (nSPS) is 18.5. The maximum Gasteiger partial charge on any atom is 0.0319 e. The van der Waals surface area contributed by atoms with Crippen molar-refractivity contribution in [1.82, 2.24) is 9.80 Å². The van der Waals surface area contributed by atoms with Gasteiger partial charge in [-0.15, -0.1) is 6.58 Å². The molecule has 1 rings (SSSR count). The van der Waals surface area contributed by atoms with Crippen LogP contribution in [0, 0.1) is 0 Å². The lowest BCUT2D eigenvalue weighted by atomic mass is 10.2. The summed E-state index contributed by atoms with van der Waals surface area (Å²) in [7, 11) is 3.20. The van der Waals surface area contributed by atoms with Gasteiger partial charge in [-0.05, 0) is 26.4 Å². The van der Waals surface area contributed by atoms with Crippen molar-refractivity contribution in [2.45, 2.75) is 12.8 Å². The molecule has 0 saturated carbocycles. The number of piperazine rings is 1. The molecular formula is C11H24N2O. The predicted molar refractivity (Wildman–Crippen MR) is 61.5 cm³/mol. The van der Waals surface area contributed by atoms with Crippen molar-refractivity contribution in [2.24, 2.45) is 0 Å². The van der Waals surface area contributed by atoms with E-state index < -0.39 is 0 Å². The van der Waals surface area contributed by atoms with Crippen LogP contribution in [0.1, 0.15) is 12.8 Å². The molecule has 1 heterocycles. The van der Waals surface area contributed by atoms with Crippen LogP contribution in [0.4, 0.5) is 0 Å². The summed E-state index contributed by atoms with van der Waals surface area (Å²) in [5.41, 5.74) is 0. The monoisotopic (exact) mass is 200 g/mol. The highest BCUT2D eigenvalue weighted by molar-refractivity contribution is 4.71. The molecule has 1 aliphatic rings. The lowest BCUT2D eigenvalue weighted by molar-refractivity contribution is 0.153. The summed E-state index contributed by atoms with van der Waals surface area (Å²) < 4.78 is 0. The summed E-state index contributed by atoms with van der Waals surface area (Å²) in [6, 6.07) is 0. The Bertz CT molecular complexity index is 131. The number of hydrogen-bond donors (Lipinski definition) is 1. The SMILES string of the molecule is C=CCCCN1CCN(C)CC1.CO. The third-order valence-electron chi connectivity index (χ3n) is 2.48. The first-order valence-corrected chi connectivity index (χ1v) is 5.29. The molecule has 0 spiro atoms. The fourth-order valence-corrected chi connectivity index (χ4v) is 1.53. The molecule has 0 atom stereocenters. The zero-order valence-corrected chi connectivity index (χ0v) is 9.58. The van der Waals surface area contributed by atoms with Crippen LogP contribution in [-0.2, 0) is 0 Å². The summed E-state index contributed by atoms with van der Waals surface area (Å²) in [5, 5.41) is 7.00. The van der Waals surface area contributed by atoms with Gasteiger partial charge in [-0.3, -0.25) is 0 Å². The van der Waals surface area contributed by atoms with Gasteiger partial charge in [-0.2, -0.15) is 0 Å². The lowest BCUT2D eigenvalue weighted by Crippen LogP contribution is -2.44. The Labute approximate surface area is 88.0 Å². The van der Waals surface area contributed by atoms with Crippen LogP contribution in [0.25, 0.3) is 0 Å². The van der Waals surface area contributed by atoms with Gasteiger partial charge in [0.15, 0.2) is 0 Å². The average molecular weight is 200 g/mol. The predicted octanol–water partition coefficient (Wildman–Crippen LogP) is 0.808. The number of unbranched alkanes of at least 4 members (excludes halogenated alkanes) is 1. The first-order chi connectivity index (χ1) is 6.83. The molecule has 1 N–H and O–H groups in total. The highest BCUT2D eigenvalue weighted by atomic mass is 16.2. The fraction of sp³-hybridized carbons (Fsp3) is 0.818. The summed E-state index contributed by atoms with van der Waals surface area (Å²) in [6.45, 7) is 9.93. The molecule has 0 bridgehead atoms. The van der Waals surface area contributed by atoms with E-state index in [-0.39, 0.29) is 0 Å². The molecule has 1 fully saturated rings. The highest BCUT2D eigenvalue weighted by Gasteiger charge is 2.11. The van der Waals surface area contributed by atoms with Crippen molar-refractivity contribution in [3.8, 4) is 0 Å². The minimum Gasteiger partial charge on any atom is -0.400 e. The van der Waals surface area contributed by atoms with Gasteiger partial charge < -0.3 is 14.9 Å². The van der Waals surface area contributed by atoms with Crippen LogP contribution in [-0.4, -0.2) is 61.8 Å². The first kappa shape index (κ1) is 13.6. The average Bonchev–Trinajstić information content (AvgIpc) is 2.24. The molecule has 3 heteroatoms. The van der Waals surface area contributed by atoms with Crippen LogP contribution in [0.2, 0.25) is 0 Å². The number of likely N-dealkylation sites (N-methyl/N-ethyl adjacent to an activating group) is 1. The van der Waals surface area contributed by atoms with E-state index in [0.29, 0.717) is 0 Å². The standard InChI is InChI=1S/C10H20N2.CH4O/c1-3-4-5-6-12-9-7-11(2)8-10-12;1-2/h3H,1,4-10H2,2H3;2H,1H3. The molecule has 14 heavy (non-hydrogen) atoms. The number of aliphatic hydroxyl groups excluding tert-OH is 1. The molecule has 0 radical (unpaired) electrons. The van der Waals surface area contributed by atoms with E-state index in [1.165, 1.54) is 39.1 Å². The van der Waals surface area contributed by atoms with Gasteiger partial charge in [-0.1, -0.05) is 6.08 Å². The Balaban J connectivity index is 0.000000791. The highest BCUT2D eigenvalue weighted by Crippen LogP contribution is 2.01. The van der Waals surface area contributed by atoms with Crippen molar-refractivity contribution in [3.63, 3.8) is 0 Å². The summed E-state index contributed by atoms with van der Waals surface area (Å²) in [5.74, 6) is 0. The van der Waals surface area contributed by atoms with Crippen molar-refractivity contribution >= 4 is 0 Å². The van der Waals surface area contributed by atoms with Crippen LogP contribution in [0.3, 0.4) is 0 Å². The second-order valence-corrected chi connectivity index (χ2v) is 3.58. The molecule has 0 unspecified atom stereocenters. The number of hydrogen-bond acceptors (Lipinski definition) is 3. The molecule has 3 nitrogen and oxygen atoms in total. The van der Waals surface area contributed by atoms with E-state index in [0.717, 1.165) is 13.5 Å². The van der Waals surface area contributed by atoms with Gasteiger partial charge in [0.25, 0.3) is 0 Å². The third kappa shape index (κ3) is 6.13. The van der Waals surface area contributed by atoms with Crippen molar-refractivity contribution in [1.29, 1.82) is 0 Å². The Kier molecular flexibility index (Phi) is 8.94. The van der Waals surface area contributed by atoms with E-state index >= 15 is 0 Å². The molecule has 1 saturated heterocycles. The number of aliphatic hydroxyl groups is 1. The molecule has 0 aromatic carbocycles. The quantitative estimate of drug-likeness (QED) is 0.537. The van der Waals surface area contributed by atoms with E-state index in [2.05, 4.69) is 23.4 Å². The minimum absolute atomic E-state index is 1.00. The molecule has 84 valence electrons. The van der Waals surface area contributed by atoms with Crippen LogP contribution >= 0.6 is 0 Å². The molecule has 0 aromatic rings. The molecule has 0 aliphatic carbocycles. The van der Waals surface area contributed by atoms with E-state index in [9.17, 15) is 0 Å². The van der Waals surface area contributed by atoms with E-state index in [1.807, 2.05) is 6.08 Å². The van der Waals surface area contributed by atoms with Gasteiger partial charge in [-0.25, -0.2) is 0 Å². The van der Waals surface area contributed by atoms with E-state index in [4.69, 9.17) is 5.11 Å². The van der Waals surface area contributed by atoms with Crippen molar-refractivity contribution in [2.75, 3.05) is 46.9 Å². The number of nitrogens with zero attached hydrogens (tertiary/aromatic N) is 2. The second-order valence-electron chi connectivity index (χ2n) is 3.58. The van der Waals surface area contributed by atoms with Crippen LogP contribution in [0.5, 0.6) is 0 Å². The summed E-state index contributed by atoms with van der Waals surface area (Å²) in [6.07, 6.45) is 4.44. The Morgan fingerprint density at radius 3 is 2.29 bits per heavy atom. The van der Waals surface area contributed by atoms with Crippen LogP contribution < -0.4 is 0 Å². The maximum atomic E-state index is 7.00. The number of allylic oxidation sites excluding steroid dienone is 1. The van der Waals surface area contributed by atoms with Gasteiger partial charge >= 0.3 is 0 Å². The van der Waals surface area contributed by atoms with Gasteiger partial charge in [0, 0.05) is 33.3 Å². The van der Waals surface area contributed by atoms with Crippen molar-refractivity contribution in [3.05, 3.63) is 12.7 Å². The first-order valence-electron chi connectivity index (χ1n) is 5.29. The maximum absolute atomic E-state index is 7.00. The fourth-order valence-electron chi connectivity index (χ4n) is 1.53. The van der Waals surface area contributed by atoms with Crippen LogP contribution in [0.15, 0.2) is 12.7 Å². The molecule has 0 amide bonds. The smallest absolute Gasteiger partial charge is 0.0319 e. The van der Waals surface area contributed by atoms with Gasteiger partial charge in [0.05, 0.1) is 0 Å². The van der Waals surface area contributed by atoms with Crippen molar-refractivity contribution < 1.29 is 5.11 Å². The van der Waals surface area contributed by atoms with Gasteiger partial charge in [0.2, 0.25) is 0 Å². The van der Waals surface area contributed by atoms with Gasteiger partial charge in [0.1, 0.15) is 0 Å². The Hall–Kier alpha value is -0.380. The number of rotatable bonds is 4. The zero-order valence-electron chi connectivity index (χ0n) is 9.58. The zero-order chi connectivity index (χ0) is 10.8. The largest absolute Gasteiger partial charge is 0.400 e. The summed E-state index contributed by atoms with van der Waals surface area (Å²) >= 11 is 0. The molecular weight excluding hydrogens is 176 g/mol. The third-order valence-corrected chi connectivity index (χ3v) is 2.48. The lowest BCUT2D eigenvalue weighted by Gasteiger charge is -2.32. The minimum atomic E-state index is 1.00. The second kappa shape index (κ2) is 9.19. The Morgan fingerprint density at radius 1 is 1.21 bits per heavy atom. The summed E-state index contributed by atoms with van der Waals surface area (Å²) in [4.78, 5) is 4.94.